The average Bonchev–Trinajstić information content (AvgIpc) is 2.41. The lowest BCUT2D eigenvalue weighted by Gasteiger charge is -2.09. The van der Waals surface area contributed by atoms with Gasteiger partial charge in [-0.25, -0.2) is 4.98 Å². The molecule has 0 atom stereocenters. The first-order valence-electron chi connectivity index (χ1n) is 6.08. The first-order chi connectivity index (χ1) is 9.10. The van der Waals surface area contributed by atoms with Crippen molar-refractivity contribution in [1.29, 1.82) is 0 Å². The normalized spacial score (nSPS) is 10.8. The maximum Gasteiger partial charge on any atom is 0.238 e. The van der Waals surface area contributed by atoms with Gasteiger partial charge in [-0.3, -0.25) is 0 Å². The zero-order valence-electron chi connectivity index (χ0n) is 10.9. The van der Waals surface area contributed by atoms with Gasteiger partial charge in [-0.15, -0.1) is 11.6 Å². The monoisotopic (exact) mass is 295 g/mol. The van der Waals surface area contributed by atoms with Gasteiger partial charge in [-0.05, 0) is 35.2 Å². The average molecular weight is 296 g/mol. The highest BCUT2D eigenvalue weighted by Gasteiger charge is 2.06. The van der Waals surface area contributed by atoms with Crippen LogP contribution in [0, 0.1) is 0 Å². The maximum atomic E-state index is 6.09. The first-order valence-corrected chi connectivity index (χ1v) is 6.99. The first kappa shape index (κ1) is 14.2. The number of alkyl halides is 1. The SMILES string of the molecule is CC(C)c1ccc(Oc2ncc(CCl)cc2Cl)cc1. The van der Waals surface area contributed by atoms with Crippen LogP contribution in [0.15, 0.2) is 36.5 Å². The highest BCUT2D eigenvalue weighted by Crippen LogP contribution is 2.28. The van der Waals surface area contributed by atoms with E-state index in [9.17, 15) is 0 Å². The van der Waals surface area contributed by atoms with Gasteiger partial charge in [-0.2, -0.15) is 0 Å². The Labute approximate surface area is 123 Å². The van der Waals surface area contributed by atoms with Crippen LogP contribution in [0.1, 0.15) is 30.9 Å². The number of benzene rings is 1. The second-order valence-electron chi connectivity index (χ2n) is 4.59. The molecule has 0 N–H and O–H groups in total. The van der Waals surface area contributed by atoms with E-state index in [0.29, 0.717) is 22.7 Å². The fourth-order valence-corrected chi connectivity index (χ4v) is 2.02. The van der Waals surface area contributed by atoms with Crippen molar-refractivity contribution < 1.29 is 4.74 Å². The van der Waals surface area contributed by atoms with Crippen molar-refractivity contribution in [2.24, 2.45) is 0 Å². The smallest absolute Gasteiger partial charge is 0.238 e. The molecule has 4 heteroatoms. The quantitative estimate of drug-likeness (QED) is 0.706. The van der Waals surface area contributed by atoms with Gasteiger partial charge >= 0.3 is 0 Å². The molecule has 1 aromatic carbocycles. The summed E-state index contributed by atoms with van der Waals surface area (Å²) in [6, 6.07) is 9.69. The predicted molar refractivity (Wildman–Crippen MR) is 79.4 cm³/mol. The molecule has 0 amide bonds. The van der Waals surface area contributed by atoms with Gasteiger partial charge in [0.1, 0.15) is 10.8 Å². The second-order valence-corrected chi connectivity index (χ2v) is 5.26. The van der Waals surface area contributed by atoms with E-state index in [2.05, 4.69) is 18.8 Å². The van der Waals surface area contributed by atoms with Crippen molar-refractivity contribution in [3.63, 3.8) is 0 Å². The number of rotatable bonds is 4. The molecule has 19 heavy (non-hydrogen) atoms. The summed E-state index contributed by atoms with van der Waals surface area (Å²) in [6.07, 6.45) is 1.66. The van der Waals surface area contributed by atoms with E-state index in [0.717, 1.165) is 11.3 Å². The summed E-state index contributed by atoms with van der Waals surface area (Å²) in [7, 11) is 0. The van der Waals surface area contributed by atoms with Crippen LogP contribution in [0.5, 0.6) is 11.6 Å². The molecule has 2 rings (SSSR count). The van der Waals surface area contributed by atoms with E-state index >= 15 is 0 Å². The van der Waals surface area contributed by atoms with E-state index in [4.69, 9.17) is 27.9 Å². The lowest BCUT2D eigenvalue weighted by atomic mass is 10.0. The largest absolute Gasteiger partial charge is 0.438 e. The van der Waals surface area contributed by atoms with Crippen molar-refractivity contribution in [3.8, 4) is 11.6 Å². The topological polar surface area (TPSA) is 22.1 Å². The predicted octanol–water partition coefficient (Wildman–Crippen LogP) is 5.39. The van der Waals surface area contributed by atoms with Gasteiger partial charge in [0.05, 0.1) is 0 Å². The molecule has 1 heterocycles. The van der Waals surface area contributed by atoms with Crippen LogP contribution in [0.4, 0.5) is 0 Å². The highest BCUT2D eigenvalue weighted by atomic mass is 35.5. The molecule has 100 valence electrons. The number of hydrogen-bond donors (Lipinski definition) is 0. The summed E-state index contributed by atoms with van der Waals surface area (Å²) >= 11 is 11.8. The minimum Gasteiger partial charge on any atom is -0.438 e. The number of nitrogens with zero attached hydrogens (tertiary/aromatic N) is 1. The summed E-state index contributed by atoms with van der Waals surface area (Å²) in [5.74, 6) is 2.00. The lowest BCUT2D eigenvalue weighted by Crippen LogP contribution is -1.92. The van der Waals surface area contributed by atoms with Crippen LogP contribution in [0.3, 0.4) is 0 Å². The van der Waals surface area contributed by atoms with Crippen molar-refractivity contribution in [2.45, 2.75) is 25.6 Å². The molecule has 0 saturated carbocycles. The number of pyridine rings is 1. The molecular formula is C15H15Cl2NO. The van der Waals surface area contributed by atoms with Crippen molar-refractivity contribution >= 4 is 23.2 Å². The molecule has 0 aliphatic heterocycles. The van der Waals surface area contributed by atoms with E-state index in [1.165, 1.54) is 5.56 Å². The van der Waals surface area contributed by atoms with Crippen LogP contribution < -0.4 is 4.74 Å². The van der Waals surface area contributed by atoms with Gasteiger partial charge in [0, 0.05) is 12.1 Å². The standard InChI is InChI=1S/C15H15Cl2NO/c1-10(2)12-3-5-13(6-4-12)19-15-14(17)7-11(8-16)9-18-15/h3-7,9-10H,8H2,1-2H3. The lowest BCUT2D eigenvalue weighted by molar-refractivity contribution is 0.462. The molecule has 2 aromatic rings. The van der Waals surface area contributed by atoms with Crippen LogP contribution in [-0.4, -0.2) is 4.98 Å². The summed E-state index contributed by atoms with van der Waals surface area (Å²) in [4.78, 5) is 4.16. The van der Waals surface area contributed by atoms with Crippen LogP contribution in [0.2, 0.25) is 5.02 Å². The third kappa shape index (κ3) is 3.62. The molecule has 0 aliphatic carbocycles. The van der Waals surface area contributed by atoms with Gasteiger partial charge in [0.15, 0.2) is 0 Å². The molecule has 2 nitrogen and oxygen atoms in total. The van der Waals surface area contributed by atoms with Crippen molar-refractivity contribution in [3.05, 3.63) is 52.7 Å². The fraction of sp³-hybridized carbons (Fsp3) is 0.267. The third-order valence-electron chi connectivity index (χ3n) is 2.78. The molecule has 1 aromatic heterocycles. The van der Waals surface area contributed by atoms with Crippen molar-refractivity contribution in [2.75, 3.05) is 0 Å². The Hall–Kier alpha value is -1.25. The molecule has 0 unspecified atom stereocenters. The van der Waals surface area contributed by atoms with E-state index in [1.54, 1.807) is 12.3 Å². The second kappa shape index (κ2) is 6.27. The maximum absolute atomic E-state index is 6.09. The Bertz CT molecular complexity index is 553. The van der Waals surface area contributed by atoms with Crippen LogP contribution in [0.25, 0.3) is 0 Å². The highest BCUT2D eigenvalue weighted by molar-refractivity contribution is 6.32. The molecule has 0 bridgehead atoms. The molecule has 0 saturated heterocycles. The molecule has 0 spiro atoms. The van der Waals surface area contributed by atoms with Crippen LogP contribution >= 0.6 is 23.2 Å². The van der Waals surface area contributed by atoms with Gasteiger partial charge in [0.2, 0.25) is 5.88 Å². The fourth-order valence-electron chi connectivity index (χ4n) is 1.65. The summed E-state index contributed by atoms with van der Waals surface area (Å²) < 4.78 is 5.66. The van der Waals surface area contributed by atoms with E-state index in [-0.39, 0.29) is 0 Å². The van der Waals surface area contributed by atoms with Gasteiger partial charge < -0.3 is 4.74 Å². The van der Waals surface area contributed by atoms with Crippen molar-refractivity contribution in [1.82, 2.24) is 4.98 Å². The summed E-state index contributed by atoms with van der Waals surface area (Å²) in [6.45, 7) is 4.30. The Balaban J connectivity index is 2.16. The Morgan fingerprint density at radius 3 is 2.42 bits per heavy atom. The number of ether oxygens (including phenoxy) is 1. The van der Waals surface area contributed by atoms with Gasteiger partial charge in [-0.1, -0.05) is 37.6 Å². The number of aromatic nitrogens is 1. The molecule has 0 radical (unpaired) electrons. The zero-order chi connectivity index (χ0) is 13.8. The van der Waals surface area contributed by atoms with Gasteiger partial charge in [0.25, 0.3) is 0 Å². The molecule has 0 fully saturated rings. The summed E-state index contributed by atoms with van der Waals surface area (Å²) in [5.41, 5.74) is 2.14. The zero-order valence-corrected chi connectivity index (χ0v) is 12.4. The Morgan fingerprint density at radius 1 is 1.21 bits per heavy atom. The van der Waals surface area contributed by atoms with E-state index in [1.807, 2.05) is 24.3 Å². The summed E-state index contributed by atoms with van der Waals surface area (Å²) in [5, 5.41) is 0.464. The molecule has 0 aliphatic rings. The number of halogens is 2. The minimum absolute atomic E-state index is 0.385. The Kier molecular flexibility index (Phi) is 4.67. The Morgan fingerprint density at radius 2 is 1.89 bits per heavy atom. The number of hydrogen-bond acceptors (Lipinski definition) is 2. The van der Waals surface area contributed by atoms with Crippen LogP contribution in [-0.2, 0) is 5.88 Å². The third-order valence-corrected chi connectivity index (χ3v) is 3.36. The molecular weight excluding hydrogens is 281 g/mol. The van der Waals surface area contributed by atoms with E-state index < -0.39 is 0 Å². The minimum atomic E-state index is 0.385.